The standard InChI is InChI=1S/C3H7N3O2/c4-3(5)6-1-2(7)8/h1H2,(H,7,8)(H4,4,5,6)/p-1. The number of aliphatic imine (C=N–C) groups is 1. The van der Waals surface area contributed by atoms with Gasteiger partial charge in [0, 0.05) is 0 Å². The van der Waals surface area contributed by atoms with Crippen LogP contribution in [0.25, 0.3) is 0 Å². The molecule has 0 aliphatic carbocycles. The summed E-state index contributed by atoms with van der Waals surface area (Å²) < 4.78 is 0. The Morgan fingerprint density at radius 3 is 2.25 bits per heavy atom. The van der Waals surface area contributed by atoms with Crippen molar-refractivity contribution in [3.63, 3.8) is 0 Å². The maximum Gasteiger partial charge on any atom is 0.186 e. The summed E-state index contributed by atoms with van der Waals surface area (Å²) in [5.74, 6) is -1.53. The van der Waals surface area contributed by atoms with E-state index < -0.39 is 12.5 Å². The summed E-state index contributed by atoms with van der Waals surface area (Å²) in [7, 11) is 0. The Labute approximate surface area is 46.0 Å². The molecular weight excluding hydrogens is 110 g/mol. The van der Waals surface area contributed by atoms with Crippen molar-refractivity contribution in [1.29, 1.82) is 0 Å². The minimum atomic E-state index is -1.29. The Kier molecular flexibility index (Phi) is 2.39. The third-order valence-corrected chi connectivity index (χ3v) is 0.391. The van der Waals surface area contributed by atoms with Crippen molar-refractivity contribution in [1.82, 2.24) is 0 Å². The predicted octanol–water partition coefficient (Wildman–Crippen LogP) is -2.99. The molecule has 0 atom stereocenters. The highest BCUT2D eigenvalue weighted by molar-refractivity contribution is 5.78. The van der Waals surface area contributed by atoms with E-state index in [1.54, 1.807) is 0 Å². The van der Waals surface area contributed by atoms with Gasteiger partial charge in [-0.1, -0.05) is 0 Å². The Bertz CT molecular complexity index is 116. The highest BCUT2D eigenvalue weighted by Crippen LogP contribution is 1.61. The zero-order valence-corrected chi connectivity index (χ0v) is 4.13. The average Bonchev–Trinajstić information content (AvgIpc) is 1.61. The van der Waals surface area contributed by atoms with Gasteiger partial charge in [-0.2, -0.15) is 0 Å². The molecule has 0 spiro atoms. The molecule has 0 amide bonds. The number of rotatable bonds is 2. The summed E-state index contributed by atoms with van der Waals surface area (Å²) >= 11 is 0. The molecule has 8 heavy (non-hydrogen) atoms. The van der Waals surface area contributed by atoms with E-state index in [0.717, 1.165) is 0 Å². The maximum atomic E-state index is 9.57. The number of carbonyl (C=O) groups is 1. The number of hydrogen-bond acceptors (Lipinski definition) is 3. The number of carboxylic acids is 1. The molecule has 0 radical (unpaired) electrons. The molecule has 0 rings (SSSR count). The van der Waals surface area contributed by atoms with Crippen LogP contribution in [0, 0.1) is 0 Å². The molecule has 0 aliphatic rings. The minimum Gasteiger partial charge on any atom is -0.548 e. The van der Waals surface area contributed by atoms with Crippen molar-refractivity contribution >= 4 is 11.9 Å². The molecule has 5 heteroatoms. The van der Waals surface area contributed by atoms with Crippen LogP contribution in [0.5, 0.6) is 0 Å². The van der Waals surface area contributed by atoms with E-state index in [2.05, 4.69) is 4.99 Å². The van der Waals surface area contributed by atoms with Gasteiger partial charge in [0.15, 0.2) is 5.96 Å². The van der Waals surface area contributed by atoms with Gasteiger partial charge in [0.2, 0.25) is 0 Å². The third kappa shape index (κ3) is 4.74. The van der Waals surface area contributed by atoms with Crippen molar-refractivity contribution in [3.8, 4) is 0 Å². The smallest absolute Gasteiger partial charge is 0.186 e. The van der Waals surface area contributed by atoms with Crippen LogP contribution < -0.4 is 16.6 Å². The van der Waals surface area contributed by atoms with E-state index in [4.69, 9.17) is 11.5 Å². The first-order valence-electron chi connectivity index (χ1n) is 1.88. The SMILES string of the molecule is NC(N)=NCC(=O)[O-]. The molecule has 5 nitrogen and oxygen atoms in total. The molecule has 0 aromatic rings. The summed E-state index contributed by atoms with van der Waals surface area (Å²) in [6, 6.07) is 0. The lowest BCUT2D eigenvalue weighted by atomic mass is 10.7. The summed E-state index contributed by atoms with van der Waals surface area (Å²) in [4.78, 5) is 12.7. The van der Waals surface area contributed by atoms with Crippen molar-refractivity contribution in [3.05, 3.63) is 0 Å². The summed E-state index contributed by atoms with van der Waals surface area (Å²) in [5.41, 5.74) is 9.55. The molecular formula is C3H6N3O2-. The molecule has 0 aromatic heterocycles. The van der Waals surface area contributed by atoms with Crippen LogP contribution in [-0.2, 0) is 4.79 Å². The number of hydrogen-bond donors (Lipinski definition) is 2. The van der Waals surface area contributed by atoms with Crippen LogP contribution in [0.1, 0.15) is 0 Å². The minimum absolute atomic E-state index is 0.241. The van der Waals surface area contributed by atoms with Crippen molar-refractivity contribution in [2.45, 2.75) is 0 Å². The molecule has 0 fully saturated rings. The van der Waals surface area contributed by atoms with Gasteiger partial charge in [-0.15, -0.1) is 0 Å². The van der Waals surface area contributed by atoms with Gasteiger partial charge in [-0.3, -0.25) is 0 Å². The predicted molar refractivity (Wildman–Crippen MR) is 25.7 cm³/mol. The number of nitrogens with two attached hydrogens (primary N) is 2. The topological polar surface area (TPSA) is 105 Å². The third-order valence-electron chi connectivity index (χ3n) is 0.391. The molecule has 0 heterocycles. The van der Waals surface area contributed by atoms with E-state index in [0.29, 0.717) is 0 Å². The Morgan fingerprint density at radius 2 is 2.12 bits per heavy atom. The first-order valence-corrected chi connectivity index (χ1v) is 1.88. The summed E-state index contributed by atoms with van der Waals surface area (Å²) in [5, 5.41) is 9.57. The number of aliphatic carboxylic acids is 1. The van der Waals surface area contributed by atoms with E-state index in [1.165, 1.54) is 0 Å². The second kappa shape index (κ2) is 2.84. The molecule has 46 valence electrons. The quantitative estimate of drug-likeness (QED) is 0.296. The van der Waals surface area contributed by atoms with E-state index in [-0.39, 0.29) is 5.96 Å². The van der Waals surface area contributed by atoms with E-state index in [1.807, 2.05) is 0 Å². The van der Waals surface area contributed by atoms with Crippen molar-refractivity contribution in [2.24, 2.45) is 16.5 Å². The molecule has 4 N–H and O–H groups in total. The molecule has 0 saturated heterocycles. The fourth-order valence-corrected chi connectivity index (χ4v) is 0.156. The van der Waals surface area contributed by atoms with E-state index in [9.17, 15) is 9.90 Å². The lowest BCUT2D eigenvalue weighted by Gasteiger charge is -1.93. The second-order valence-corrected chi connectivity index (χ2v) is 1.11. The van der Waals surface area contributed by atoms with Crippen LogP contribution in [0.4, 0.5) is 0 Å². The van der Waals surface area contributed by atoms with Gasteiger partial charge in [-0.25, -0.2) is 4.99 Å². The Balaban J connectivity index is 3.45. The van der Waals surface area contributed by atoms with Crippen LogP contribution >= 0.6 is 0 Å². The number of carboxylic acid groups (broad SMARTS) is 1. The normalized spacial score (nSPS) is 8.00. The van der Waals surface area contributed by atoms with E-state index >= 15 is 0 Å². The van der Waals surface area contributed by atoms with Gasteiger partial charge in [0.1, 0.15) is 0 Å². The molecule has 0 unspecified atom stereocenters. The molecule has 0 saturated carbocycles. The lowest BCUT2D eigenvalue weighted by molar-refractivity contribution is -0.303. The number of nitrogens with zero attached hydrogens (tertiary/aromatic N) is 1. The van der Waals surface area contributed by atoms with Gasteiger partial charge in [0.25, 0.3) is 0 Å². The lowest BCUT2D eigenvalue weighted by Crippen LogP contribution is -2.29. The zero-order valence-electron chi connectivity index (χ0n) is 4.13. The number of guanidine groups is 1. The van der Waals surface area contributed by atoms with Gasteiger partial charge in [-0.05, 0) is 0 Å². The summed E-state index contributed by atoms with van der Waals surface area (Å²) in [6.45, 7) is -0.470. The van der Waals surface area contributed by atoms with Crippen molar-refractivity contribution < 1.29 is 9.90 Å². The monoisotopic (exact) mass is 116 g/mol. The van der Waals surface area contributed by atoms with Crippen LogP contribution in [0.2, 0.25) is 0 Å². The largest absolute Gasteiger partial charge is 0.548 e. The Morgan fingerprint density at radius 1 is 1.62 bits per heavy atom. The molecule has 0 bridgehead atoms. The first-order chi connectivity index (χ1) is 3.63. The fourth-order valence-electron chi connectivity index (χ4n) is 0.156. The number of carbonyl (C=O) groups excluding carboxylic acids is 1. The van der Waals surface area contributed by atoms with Gasteiger partial charge in [0.05, 0.1) is 12.5 Å². The van der Waals surface area contributed by atoms with Crippen molar-refractivity contribution in [2.75, 3.05) is 6.54 Å². The van der Waals surface area contributed by atoms with Crippen LogP contribution in [-0.4, -0.2) is 18.5 Å². The van der Waals surface area contributed by atoms with Gasteiger partial charge < -0.3 is 21.4 Å². The second-order valence-electron chi connectivity index (χ2n) is 1.11. The highest BCUT2D eigenvalue weighted by Gasteiger charge is 1.79. The van der Waals surface area contributed by atoms with Crippen LogP contribution in [0.3, 0.4) is 0 Å². The zero-order chi connectivity index (χ0) is 6.57. The maximum absolute atomic E-state index is 9.57. The molecule has 0 aromatic carbocycles. The average molecular weight is 116 g/mol. The highest BCUT2D eigenvalue weighted by atomic mass is 16.4. The first kappa shape index (κ1) is 6.74. The fraction of sp³-hybridized carbons (Fsp3) is 0.333. The van der Waals surface area contributed by atoms with Crippen LogP contribution in [0.15, 0.2) is 4.99 Å². The molecule has 0 aliphatic heterocycles. The van der Waals surface area contributed by atoms with Gasteiger partial charge >= 0.3 is 0 Å². The summed E-state index contributed by atoms with van der Waals surface area (Å²) in [6.07, 6.45) is 0. The Hall–Kier alpha value is -1.26.